The summed E-state index contributed by atoms with van der Waals surface area (Å²) in [5.41, 5.74) is 0.388. The maximum atomic E-state index is 3.84. The van der Waals surface area contributed by atoms with Crippen LogP contribution >= 0.6 is 0 Å². The van der Waals surface area contributed by atoms with E-state index in [1.54, 1.807) is 0 Å². The standard InChI is InChI=1S/C14H27N/c1-14(2,13-9-5-6-10-13)15-11-12-7-3-4-8-12/h12-13,15H,3-11H2,1-2H3. The Hall–Kier alpha value is -0.0400. The summed E-state index contributed by atoms with van der Waals surface area (Å²) in [6.45, 7) is 6.10. The van der Waals surface area contributed by atoms with Crippen molar-refractivity contribution in [1.29, 1.82) is 0 Å². The minimum absolute atomic E-state index is 0.388. The fourth-order valence-electron chi connectivity index (χ4n) is 3.41. The molecule has 88 valence electrons. The van der Waals surface area contributed by atoms with Crippen LogP contribution in [0.15, 0.2) is 0 Å². The Kier molecular flexibility index (Phi) is 3.71. The predicted octanol–water partition coefficient (Wildman–Crippen LogP) is 3.74. The van der Waals surface area contributed by atoms with Gasteiger partial charge < -0.3 is 5.32 Å². The van der Waals surface area contributed by atoms with Crippen LogP contribution in [0.25, 0.3) is 0 Å². The number of nitrogens with one attached hydrogen (secondary N) is 1. The first-order chi connectivity index (χ1) is 7.18. The fraction of sp³-hybridized carbons (Fsp3) is 1.00. The molecule has 0 aromatic heterocycles. The van der Waals surface area contributed by atoms with Crippen LogP contribution in [-0.4, -0.2) is 12.1 Å². The second-order valence-corrected chi connectivity index (χ2v) is 6.23. The lowest BCUT2D eigenvalue weighted by atomic mass is 9.85. The van der Waals surface area contributed by atoms with Gasteiger partial charge in [0.1, 0.15) is 0 Å². The first-order valence-corrected chi connectivity index (χ1v) is 6.93. The summed E-state index contributed by atoms with van der Waals surface area (Å²) in [5.74, 6) is 1.91. The summed E-state index contributed by atoms with van der Waals surface area (Å²) in [6, 6.07) is 0. The highest BCUT2D eigenvalue weighted by molar-refractivity contribution is 4.89. The van der Waals surface area contributed by atoms with E-state index in [1.165, 1.54) is 57.9 Å². The third-order valence-electron chi connectivity index (χ3n) is 4.70. The van der Waals surface area contributed by atoms with Crippen LogP contribution in [0.4, 0.5) is 0 Å². The Balaban J connectivity index is 1.75. The minimum atomic E-state index is 0.388. The predicted molar refractivity (Wildman–Crippen MR) is 66.0 cm³/mol. The van der Waals surface area contributed by atoms with Gasteiger partial charge in [0, 0.05) is 5.54 Å². The summed E-state index contributed by atoms with van der Waals surface area (Å²) in [6.07, 6.45) is 11.7. The van der Waals surface area contributed by atoms with Crippen LogP contribution in [0.1, 0.15) is 65.2 Å². The van der Waals surface area contributed by atoms with E-state index in [0.717, 1.165) is 11.8 Å². The molecule has 0 aliphatic heterocycles. The molecule has 0 unspecified atom stereocenters. The fourth-order valence-corrected chi connectivity index (χ4v) is 3.41. The molecule has 0 aromatic rings. The molecule has 2 aliphatic rings. The molecular formula is C14H27N. The van der Waals surface area contributed by atoms with Crippen molar-refractivity contribution in [3.8, 4) is 0 Å². The molecule has 0 heterocycles. The molecule has 0 aromatic carbocycles. The lowest BCUT2D eigenvalue weighted by Crippen LogP contribution is -2.46. The molecule has 0 radical (unpaired) electrons. The lowest BCUT2D eigenvalue weighted by Gasteiger charge is -2.34. The van der Waals surface area contributed by atoms with Crippen molar-refractivity contribution in [3.05, 3.63) is 0 Å². The average Bonchev–Trinajstić information content (AvgIpc) is 2.88. The normalized spacial score (nSPS) is 25.2. The topological polar surface area (TPSA) is 12.0 Å². The number of hydrogen-bond acceptors (Lipinski definition) is 1. The highest BCUT2D eigenvalue weighted by Crippen LogP contribution is 2.34. The van der Waals surface area contributed by atoms with Gasteiger partial charge in [-0.1, -0.05) is 25.7 Å². The summed E-state index contributed by atoms with van der Waals surface area (Å²) in [7, 11) is 0. The largest absolute Gasteiger partial charge is 0.311 e. The quantitative estimate of drug-likeness (QED) is 0.744. The Labute approximate surface area is 95.0 Å². The summed E-state index contributed by atoms with van der Waals surface area (Å²) >= 11 is 0. The molecule has 15 heavy (non-hydrogen) atoms. The van der Waals surface area contributed by atoms with E-state index in [4.69, 9.17) is 0 Å². The Morgan fingerprint density at radius 2 is 1.47 bits per heavy atom. The van der Waals surface area contributed by atoms with Gasteiger partial charge in [-0.05, 0) is 57.9 Å². The molecule has 2 aliphatic carbocycles. The second kappa shape index (κ2) is 4.86. The summed E-state index contributed by atoms with van der Waals surface area (Å²) in [4.78, 5) is 0. The third kappa shape index (κ3) is 2.96. The van der Waals surface area contributed by atoms with E-state index >= 15 is 0 Å². The molecule has 0 atom stereocenters. The summed E-state index contributed by atoms with van der Waals surface area (Å²) in [5, 5.41) is 3.84. The van der Waals surface area contributed by atoms with Crippen LogP contribution < -0.4 is 5.32 Å². The molecule has 0 spiro atoms. The van der Waals surface area contributed by atoms with Crippen LogP contribution in [0.5, 0.6) is 0 Å². The Morgan fingerprint density at radius 1 is 0.933 bits per heavy atom. The van der Waals surface area contributed by atoms with Gasteiger partial charge in [0.05, 0.1) is 0 Å². The molecule has 2 saturated carbocycles. The molecule has 2 rings (SSSR count). The van der Waals surface area contributed by atoms with Gasteiger partial charge in [-0.3, -0.25) is 0 Å². The maximum Gasteiger partial charge on any atom is 0.0153 e. The molecular weight excluding hydrogens is 182 g/mol. The van der Waals surface area contributed by atoms with Gasteiger partial charge in [0.25, 0.3) is 0 Å². The smallest absolute Gasteiger partial charge is 0.0153 e. The zero-order valence-corrected chi connectivity index (χ0v) is 10.5. The molecule has 0 bridgehead atoms. The molecule has 1 N–H and O–H groups in total. The molecule has 1 heteroatoms. The van der Waals surface area contributed by atoms with Crippen molar-refractivity contribution in [1.82, 2.24) is 5.32 Å². The SMILES string of the molecule is CC(C)(NCC1CCCC1)C1CCCC1. The van der Waals surface area contributed by atoms with E-state index in [-0.39, 0.29) is 0 Å². The Morgan fingerprint density at radius 3 is 2.07 bits per heavy atom. The van der Waals surface area contributed by atoms with Crippen LogP contribution in [0, 0.1) is 11.8 Å². The van der Waals surface area contributed by atoms with Crippen molar-refractivity contribution in [2.45, 2.75) is 70.8 Å². The van der Waals surface area contributed by atoms with Gasteiger partial charge in [0.2, 0.25) is 0 Å². The molecule has 2 fully saturated rings. The van der Waals surface area contributed by atoms with Crippen molar-refractivity contribution < 1.29 is 0 Å². The van der Waals surface area contributed by atoms with E-state index < -0.39 is 0 Å². The van der Waals surface area contributed by atoms with Gasteiger partial charge >= 0.3 is 0 Å². The number of rotatable bonds is 4. The summed E-state index contributed by atoms with van der Waals surface area (Å²) < 4.78 is 0. The van der Waals surface area contributed by atoms with Crippen LogP contribution in [0.2, 0.25) is 0 Å². The van der Waals surface area contributed by atoms with Crippen LogP contribution in [-0.2, 0) is 0 Å². The van der Waals surface area contributed by atoms with Gasteiger partial charge in [0.15, 0.2) is 0 Å². The van der Waals surface area contributed by atoms with E-state index in [0.29, 0.717) is 5.54 Å². The molecule has 0 amide bonds. The number of hydrogen-bond donors (Lipinski definition) is 1. The van der Waals surface area contributed by atoms with Crippen molar-refractivity contribution in [3.63, 3.8) is 0 Å². The van der Waals surface area contributed by atoms with Gasteiger partial charge in [-0.2, -0.15) is 0 Å². The van der Waals surface area contributed by atoms with E-state index in [1.807, 2.05) is 0 Å². The van der Waals surface area contributed by atoms with Crippen molar-refractivity contribution >= 4 is 0 Å². The van der Waals surface area contributed by atoms with Crippen LogP contribution in [0.3, 0.4) is 0 Å². The van der Waals surface area contributed by atoms with Crippen molar-refractivity contribution in [2.24, 2.45) is 11.8 Å². The highest BCUT2D eigenvalue weighted by atomic mass is 15.0. The van der Waals surface area contributed by atoms with E-state index in [2.05, 4.69) is 19.2 Å². The highest BCUT2D eigenvalue weighted by Gasteiger charge is 2.31. The van der Waals surface area contributed by atoms with Gasteiger partial charge in [-0.25, -0.2) is 0 Å². The average molecular weight is 209 g/mol. The monoisotopic (exact) mass is 209 g/mol. The first kappa shape index (κ1) is 11.4. The molecule has 1 nitrogen and oxygen atoms in total. The first-order valence-electron chi connectivity index (χ1n) is 6.93. The lowest BCUT2D eigenvalue weighted by molar-refractivity contribution is 0.242. The van der Waals surface area contributed by atoms with Gasteiger partial charge in [-0.15, -0.1) is 0 Å². The maximum absolute atomic E-state index is 3.84. The Bertz CT molecular complexity index is 186. The second-order valence-electron chi connectivity index (χ2n) is 6.23. The molecule has 0 saturated heterocycles. The van der Waals surface area contributed by atoms with E-state index in [9.17, 15) is 0 Å². The zero-order chi connectivity index (χ0) is 10.7. The zero-order valence-electron chi connectivity index (χ0n) is 10.5. The minimum Gasteiger partial charge on any atom is -0.311 e. The van der Waals surface area contributed by atoms with Crippen molar-refractivity contribution in [2.75, 3.05) is 6.54 Å². The third-order valence-corrected chi connectivity index (χ3v) is 4.70.